The minimum Gasteiger partial charge on any atom is -0.356 e. The molecule has 0 radical (unpaired) electrons. The van der Waals surface area contributed by atoms with Crippen molar-refractivity contribution < 1.29 is 4.79 Å². The first-order valence-electron chi connectivity index (χ1n) is 9.16. The zero-order valence-corrected chi connectivity index (χ0v) is 18.1. The molecule has 0 spiro atoms. The molecule has 1 amide bonds. The van der Waals surface area contributed by atoms with E-state index in [0.29, 0.717) is 5.56 Å². The summed E-state index contributed by atoms with van der Waals surface area (Å²) < 4.78 is 0. The molecule has 1 aliphatic rings. The number of carbonyl (C=O) groups excluding carboxylic acids is 1. The average Bonchev–Trinajstić information content (AvgIpc) is 2.67. The van der Waals surface area contributed by atoms with Gasteiger partial charge in [-0.15, -0.1) is 24.0 Å². The van der Waals surface area contributed by atoms with Gasteiger partial charge in [-0.25, -0.2) is 0 Å². The SMILES string of the molecule is CN=C(NCCC1=CCCCC1)NCCc1cccc(C(=O)NC)c1.I. The molecule has 0 saturated heterocycles. The summed E-state index contributed by atoms with van der Waals surface area (Å²) in [5.74, 6) is 0.781. The molecule has 0 saturated carbocycles. The second kappa shape index (κ2) is 12.7. The van der Waals surface area contributed by atoms with Gasteiger partial charge in [-0.05, 0) is 56.2 Å². The van der Waals surface area contributed by atoms with Crippen LogP contribution in [0.3, 0.4) is 0 Å². The summed E-state index contributed by atoms with van der Waals surface area (Å²) in [6.45, 7) is 1.69. The van der Waals surface area contributed by atoms with Crippen LogP contribution in [0.15, 0.2) is 40.9 Å². The van der Waals surface area contributed by atoms with Gasteiger partial charge >= 0.3 is 0 Å². The molecular formula is C20H31IN4O. The first-order chi connectivity index (χ1) is 12.2. The van der Waals surface area contributed by atoms with E-state index in [-0.39, 0.29) is 29.9 Å². The fourth-order valence-corrected chi connectivity index (χ4v) is 3.03. The Morgan fingerprint density at radius 3 is 2.58 bits per heavy atom. The summed E-state index contributed by atoms with van der Waals surface area (Å²) in [4.78, 5) is 16.0. The summed E-state index contributed by atoms with van der Waals surface area (Å²) in [6, 6.07) is 7.73. The van der Waals surface area contributed by atoms with Crippen LogP contribution in [0.4, 0.5) is 0 Å². The number of hydrogen-bond donors (Lipinski definition) is 3. The van der Waals surface area contributed by atoms with Gasteiger partial charge in [0.25, 0.3) is 5.91 Å². The number of rotatable bonds is 7. The number of hydrogen-bond acceptors (Lipinski definition) is 2. The lowest BCUT2D eigenvalue weighted by Gasteiger charge is -2.15. The zero-order valence-electron chi connectivity index (χ0n) is 15.8. The largest absolute Gasteiger partial charge is 0.356 e. The van der Waals surface area contributed by atoms with Gasteiger partial charge in [0.15, 0.2) is 5.96 Å². The Morgan fingerprint density at radius 1 is 1.15 bits per heavy atom. The predicted octanol–water partition coefficient (Wildman–Crippen LogP) is 3.26. The van der Waals surface area contributed by atoms with E-state index in [0.717, 1.165) is 37.5 Å². The van der Waals surface area contributed by atoms with Gasteiger partial charge in [0.1, 0.15) is 0 Å². The third kappa shape index (κ3) is 7.76. The van der Waals surface area contributed by atoms with Crippen molar-refractivity contribution in [1.82, 2.24) is 16.0 Å². The van der Waals surface area contributed by atoms with E-state index in [1.54, 1.807) is 19.7 Å². The molecule has 26 heavy (non-hydrogen) atoms. The monoisotopic (exact) mass is 470 g/mol. The van der Waals surface area contributed by atoms with Crippen LogP contribution >= 0.6 is 24.0 Å². The number of nitrogens with one attached hydrogen (secondary N) is 3. The second-order valence-corrected chi connectivity index (χ2v) is 6.31. The van der Waals surface area contributed by atoms with Crippen molar-refractivity contribution >= 4 is 35.8 Å². The van der Waals surface area contributed by atoms with Crippen LogP contribution in [0.5, 0.6) is 0 Å². The number of carbonyl (C=O) groups is 1. The number of halogens is 1. The summed E-state index contributed by atoms with van der Waals surface area (Å²) in [6.07, 6.45) is 9.47. The number of nitrogens with zero attached hydrogens (tertiary/aromatic N) is 1. The molecule has 2 rings (SSSR count). The average molecular weight is 470 g/mol. The summed E-state index contributed by atoms with van der Waals surface area (Å²) in [7, 11) is 3.44. The quantitative estimate of drug-likeness (QED) is 0.248. The lowest BCUT2D eigenvalue weighted by molar-refractivity contribution is 0.0963. The molecule has 0 aliphatic heterocycles. The number of aliphatic imine (C=N–C) groups is 1. The molecule has 1 aromatic rings. The maximum Gasteiger partial charge on any atom is 0.251 e. The number of allylic oxidation sites excluding steroid dienone is 1. The van der Waals surface area contributed by atoms with Gasteiger partial charge in [-0.1, -0.05) is 23.8 Å². The molecule has 144 valence electrons. The highest BCUT2D eigenvalue weighted by Crippen LogP contribution is 2.19. The predicted molar refractivity (Wildman–Crippen MR) is 119 cm³/mol. The molecule has 0 unspecified atom stereocenters. The van der Waals surface area contributed by atoms with Crippen molar-refractivity contribution in [1.29, 1.82) is 0 Å². The number of benzene rings is 1. The third-order valence-corrected chi connectivity index (χ3v) is 4.47. The maximum atomic E-state index is 11.7. The lowest BCUT2D eigenvalue weighted by atomic mass is 9.97. The zero-order chi connectivity index (χ0) is 17.9. The molecule has 5 nitrogen and oxygen atoms in total. The molecule has 0 fully saturated rings. The fraction of sp³-hybridized carbons (Fsp3) is 0.500. The topological polar surface area (TPSA) is 65.5 Å². The Morgan fingerprint density at radius 2 is 1.92 bits per heavy atom. The first kappa shape index (κ1) is 22.5. The number of amides is 1. The smallest absolute Gasteiger partial charge is 0.251 e. The minimum absolute atomic E-state index is 0. The highest BCUT2D eigenvalue weighted by Gasteiger charge is 2.05. The lowest BCUT2D eigenvalue weighted by Crippen LogP contribution is -2.38. The van der Waals surface area contributed by atoms with Crippen LogP contribution in [-0.4, -0.2) is 39.1 Å². The maximum absolute atomic E-state index is 11.7. The van der Waals surface area contributed by atoms with Crippen molar-refractivity contribution in [2.75, 3.05) is 27.2 Å². The van der Waals surface area contributed by atoms with Crippen LogP contribution in [0.2, 0.25) is 0 Å². The van der Waals surface area contributed by atoms with Gasteiger partial charge in [0.05, 0.1) is 0 Å². The van der Waals surface area contributed by atoms with E-state index in [9.17, 15) is 4.79 Å². The van der Waals surface area contributed by atoms with Gasteiger partial charge in [0.2, 0.25) is 0 Å². The minimum atomic E-state index is -0.0516. The van der Waals surface area contributed by atoms with Crippen molar-refractivity contribution in [2.45, 2.75) is 38.5 Å². The first-order valence-corrected chi connectivity index (χ1v) is 9.16. The Labute approximate surface area is 174 Å². The molecule has 6 heteroatoms. The Bertz CT molecular complexity index is 628. The van der Waals surface area contributed by atoms with Gasteiger partial charge in [-0.2, -0.15) is 0 Å². The van der Waals surface area contributed by atoms with Gasteiger partial charge in [-0.3, -0.25) is 9.79 Å². The second-order valence-electron chi connectivity index (χ2n) is 6.31. The van der Waals surface area contributed by atoms with E-state index in [2.05, 4.69) is 27.0 Å². The van der Waals surface area contributed by atoms with Crippen molar-refractivity contribution in [2.24, 2.45) is 4.99 Å². The molecule has 0 bridgehead atoms. The Kier molecular flexibility index (Phi) is 11.0. The van der Waals surface area contributed by atoms with E-state index < -0.39 is 0 Å². The van der Waals surface area contributed by atoms with E-state index in [1.165, 1.54) is 25.7 Å². The molecule has 1 aliphatic carbocycles. The van der Waals surface area contributed by atoms with E-state index >= 15 is 0 Å². The van der Waals surface area contributed by atoms with Crippen LogP contribution < -0.4 is 16.0 Å². The Balaban J connectivity index is 0.00000338. The fourth-order valence-electron chi connectivity index (χ4n) is 3.03. The van der Waals surface area contributed by atoms with Crippen LogP contribution in [0.1, 0.15) is 48.0 Å². The standard InChI is InChI=1S/C20H30N4O.HI/c1-21-19(25)18-10-6-9-17(15-18)12-14-24-20(22-2)23-13-11-16-7-4-3-5-8-16;/h6-7,9-10,15H,3-5,8,11-14H2,1-2H3,(H,21,25)(H2,22,23,24);1H. The summed E-state index contributed by atoms with van der Waals surface area (Å²) in [5, 5.41) is 9.37. The summed E-state index contributed by atoms with van der Waals surface area (Å²) in [5.41, 5.74) is 3.40. The molecular weight excluding hydrogens is 439 g/mol. The van der Waals surface area contributed by atoms with Crippen molar-refractivity contribution in [3.05, 3.63) is 47.0 Å². The highest BCUT2D eigenvalue weighted by molar-refractivity contribution is 14.0. The third-order valence-electron chi connectivity index (χ3n) is 4.47. The van der Waals surface area contributed by atoms with Crippen molar-refractivity contribution in [3.63, 3.8) is 0 Å². The van der Waals surface area contributed by atoms with Gasteiger partial charge in [0, 0.05) is 32.7 Å². The van der Waals surface area contributed by atoms with Crippen LogP contribution in [0.25, 0.3) is 0 Å². The van der Waals surface area contributed by atoms with Crippen molar-refractivity contribution in [3.8, 4) is 0 Å². The van der Waals surface area contributed by atoms with Gasteiger partial charge < -0.3 is 16.0 Å². The molecule has 1 aromatic carbocycles. The van der Waals surface area contributed by atoms with E-state index in [1.807, 2.05) is 24.3 Å². The molecule has 0 heterocycles. The molecule has 0 atom stereocenters. The molecule has 0 aromatic heterocycles. The Hall–Kier alpha value is -1.57. The number of guanidine groups is 1. The van der Waals surface area contributed by atoms with Crippen LogP contribution in [-0.2, 0) is 6.42 Å². The van der Waals surface area contributed by atoms with E-state index in [4.69, 9.17) is 0 Å². The highest BCUT2D eigenvalue weighted by atomic mass is 127. The summed E-state index contributed by atoms with van der Waals surface area (Å²) >= 11 is 0. The molecule has 3 N–H and O–H groups in total. The normalized spacial score (nSPS) is 14.1. The van der Waals surface area contributed by atoms with Crippen LogP contribution in [0, 0.1) is 0 Å².